The van der Waals surface area contributed by atoms with Gasteiger partial charge in [0.05, 0.1) is 14.2 Å². The predicted octanol–water partition coefficient (Wildman–Crippen LogP) is 3.58. The minimum absolute atomic E-state index is 0.0357. The van der Waals surface area contributed by atoms with Gasteiger partial charge in [0, 0.05) is 29.6 Å². The van der Waals surface area contributed by atoms with E-state index in [-0.39, 0.29) is 17.2 Å². The first-order valence-electron chi connectivity index (χ1n) is 7.40. The Kier molecular flexibility index (Phi) is 4.56. The van der Waals surface area contributed by atoms with Crippen molar-refractivity contribution in [1.82, 2.24) is 9.97 Å². The van der Waals surface area contributed by atoms with Gasteiger partial charge in [-0.1, -0.05) is 12.1 Å². The van der Waals surface area contributed by atoms with Gasteiger partial charge in [-0.15, -0.1) is 0 Å². The summed E-state index contributed by atoms with van der Waals surface area (Å²) in [6, 6.07) is 11.7. The number of H-pyrrole nitrogens is 1. The van der Waals surface area contributed by atoms with Gasteiger partial charge in [0.15, 0.2) is 0 Å². The Labute approximate surface area is 143 Å². The Morgan fingerprint density at radius 2 is 1.88 bits per heavy atom. The Morgan fingerprint density at radius 3 is 2.52 bits per heavy atom. The maximum Gasteiger partial charge on any atom is 0.340 e. The molecule has 0 bridgehead atoms. The number of carbonyl (C=O) groups is 1. The quantitative estimate of drug-likeness (QED) is 0.712. The molecule has 0 aliphatic heterocycles. The van der Waals surface area contributed by atoms with Crippen LogP contribution in [0.3, 0.4) is 0 Å². The first-order valence-corrected chi connectivity index (χ1v) is 7.40. The fourth-order valence-electron chi connectivity index (χ4n) is 2.40. The van der Waals surface area contributed by atoms with E-state index in [2.05, 4.69) is 9.97 Å². The smallest absolute Gasteiger partial charge is 0.340 e. The van der Waals surface area contributed by atoms with Crippen molar-refractivity contribution in [3.8, 4) is 34.5 Å². The molecule has 0 radical (unpaired) electrons. The van der Waals surface area contributed by atoms with E-state index in [1.165, 1.54) is 14.2 Å². The average Bonchev–Trinajstić information content (AvgIpc) is 3.15. The van der Waals surface area contributed by atoms with Crippen LogP contribution in [-0.2, 0) is 0 Å². The van der Waals surface area contributed by atoms with Gasteiger partial charge >= 0.3 is 5.97 Å². The molecule has 0 fully saturated rings. The maximum atomic E-state index is 11.8. The van der Waals surface area contributed by atoms with Crippen LogP contribution in [0.4, 0.5) is 0 Å². The van der Waals surface area contributed by atoms with Crippen molar-refractivity contribution in [2.24, 2.45) is 0 Å². The number of benzene rings is 1. The molecular weight excluding hydrogens is 324 g/mol. The zero-order chi connectivity index (χ0) is 17.8. The lowest BCUT2D eigenvalue weighted by Crippen LogP contribution is -2.04. The van der Waals surface area contributed by atoms with E-state index in [1.54, 1.807) is 48.7 Å². The molecule has 0 amide bonds. The fraction of sp³-hybridized carbons (Fsp3) is 0.111. The minimum atomic E-state index is -1.10. The first-order chi connectivity index (χ1) is 12.1. The van der Waals surface area contributed by atoms with E-state index in [4.69, 9.17) is 14.2 Å². The second kappa shape index (κ2) is 6.96. The number of rotatable bonds is 6. The van der Waals surface area contributed by atoms with E-state index in [9.17, 15) is 9.90 Å². The van der Waals surface area contributed by atoms with Crippen LogP contribution < -0.4 is 14.2 Å². The number of carboxylic acids is 1. The summed E-state index contributed by atoms with van der Waals surface area (Å²) in [5.41, 5.74) is 1.23. The van der Waals surface area contributed by atoms with Gasteiger partial charge in [0.2, 0.25) is 11.8 Å². The maximum absolute atomic E-state index is 11.8. The lowest BCUT2D eigenvalue weighted by molar-refractivity contribution is 0.0695. The van der Waals surface area contributed by atoms with Gasteiger partial charge in [0.1, 0.15) is 17.1 Å². The summed E-state index contributed by atoms with van der Waals surface area (Å²) in [6.07, 6.45) is 1.73. The van der Waals surface area contributed by atoms with Gasteiger partial charge in [-0.05, 0) is 18.2 Å². The summed E-state index contributed by atoms with van der Waals surface area (Å²) in [5, 5.41) is 9.66. The van der Waals surface area contributed by atoms with Crippen molar-refractivity contribution >= 4 is 5.97 Å². The fourth-order valence-corrected chi connectivity index (χ4v) is 2.40. The molecule has 0 saturated carbocycles. The molecule has 0 aliphatic rings. The van der Waals surface area contributed by atoms with E-state index >= 15 is 0 Å². The summed E-state index contributed by atoms with van der Waals surface area (Å²) in [7, 11) is 2.98. The van der Waals surface area contributed by atoms with Crippen molar-refractivity contribution in [3.05, 3.63) is 54.2 Å². The van der Waals surface area contributed by atoms with Crippen molar-refractivity contribution in [2.45, 2.75) is 0 Å². The molecule has 128 valence electrons. The minimum Gasteiger partial charge on any atom is -0.496 e. The van der Waals surface area contributed by atoms with Gasteiger partial charge < -0.3 is 24.3 Å². The molecule has 7 heteroatoms. The van der Waals surface area contributed by atoms with Gasteiger partial charge in [-0.25, -0.2) is 4.79 Å². The topological polar surface area (TPSA) is 93.7 Å². The second-order valence-corrected chi connectivity index (χ2v) is 5.06. The standard InChI is InChI=1S/C18H16N2O5/c1-23-11-9-15(24-2)20-16(10-11)25-14-7-3-5-12(17(14)18(21)22)13-6-4-8-19-13/h3-10,19H,1-2H3,(H,21,22). The highest BCUT2D eigenvalue weighted by atomic mass is 16.5. The number of pyridine rings is 1. The van der Waals surface area contributed by atoms with Crippen LogP contribution in [0.15, 0.2) is 48.7 Å². The molecule has 0 saturated heterocycles. The van der Waals surface area contributed by atoms with E-state index < -0.39 is 5.97 Å². The van der Waals surface area contributed by atoms with Crippen LogP contribution >= 0.6 is 0 Å². The van der Waals surface area contributed by atoms with Crippen LogP contribution in [-0.4, -0.2) is 35.3 Å². The zero-order valence-electron chi connectivity index (χ0n) is 13.6. The highest BCUT2D eigenvalue weighted by molar-refractivity contribution is 5.98. The van der Waals surface area contributed by atoms with Gasteiger partial charge in [-0.2, -0.15) is 4.98 Å². The number of hydrogen-bond acceptors (Lipinski definition) is 5. The SMILES string of the molecule is COc1cc(OC)nc(Oc2cccc(-c3ccc[nH]3)c2C(=O)O)c1. The van der Waals surface area contributed by atoms with Crippen LogP contribution in [0.5, 0.6) is 23.3 Å². The molecular formula is C18H16N2O5. The monoisotopic (exact) mass is 340 g/mol. The molecule has 3 rings (SSSR count). The third-order valence-corrected chi connectivity index (χ3v) is 3.54. The lowest BCUT2D eigenvalue weighted by Gasteiger charge is -2.13. The number of methoxy groups -OCH3 is 2. The Morgan fingerprint density at radius 1 is 1.08 bits per heavy atom. The summed E-state index contributed by atoms with van der Waals surface area (Å²) in [5.74, 6) is 0.0193. The number of aromatic amines is 1. The number of ether oxygens (including phenoxy) is 3. The first kappa shape index (κ1) is 16.4. The average molecular weight is 340 g/mol. The third-order valence-electron chi connectivity index (χ3n) is 3.54. The van der Waals surface area contributed by atoms with E-state index in [0.717, 1.165) is 0 Å². The summed E-state index contributed by atoms with van der Waals surface area (Å²) < 4.78 is 16.0. The molecule has 25 heavy (non-hydrogen) atoms. The van der Waals surface area contributed by atoms with E-state index in [0.29, 0.717) is 22.9 Å². The van der Waals surface area contributed by atoms with Gasteiger partial charge in [0.25, 0.3) is 0 Å². The number of nitrogens with one attached hydrogen (secondary N) is 1. The predicted molar refractivity (Wildman–Crippen MR) is 90.6 cm³/mol. The molecule has 2 N–H and O–H groups in total. The number of nitrogens with zero attached hydrogens (tertiary/aromatic N) is 1. The van der Waals surface area contributed by atoms with Gasteiger partial charge in [-0.3, -0.25) is 0 Å². The van der Waals surface area contributed by atoms with E-state index in [1.807, 2.05) is 0 Å². The highest BCUT2D eigenvalue weighted by Gasteiger charge is 2.19. The molecule has 0 atom stereocenters. The largest absolute Gasteiger partial charge is 0.496 e. The van der Waals surface area contributed by atoms with Crippen LogP contribution in [0.2, 0.25) is 0 Å². The normalized spacial score (nSPS) is 10.3. The molecule has 2 aromatic heterocycles. The van der Waals surface area contributed by atoms with Crippen LogP contribution in [0, 0.1) is 0 Å². The van der Waals surface area contributed by atoms with Crippen molar-refractivity contribution in [1.29, 1.82) is 0 Å². The Hall–Kier alpha value is -3.48. The Balaban J connectivity index is 2.06. The van der Waals surface area contributed by atoms with Crippen LogP contribution in [0.1, 0.15) is 10.4 Å². The van der Waals surface area contributed by atoms with Crippen molar-refractivity contribution in [3.63, 3.8) is 0 Å². The molecule has 2 heterocycles. The van der Waals surface area contributed by atoms with Crippen molar-refractivity contribution in [2.75, 3.05) is 14.2 Å². The zero-order valence-corrected chi connectivity index (χ0v) is 13.6. The number of aromatic carboxylic acids is 1. The lowest BCUT2D eigenvalue weighted by atomic mass is 10.0. The molecule has 1 aromatic carbocycles. The van der Waals surface area contributed by atoms with Crippen molar-refractivity contribution < 1.29 is 24.1 Å². The molecule has 0 spiro atoms. The number of aromatic nitrogens is 2. The molecule has 3 aromatic rings. The number of carboxylic acid groups (broad SMARTS) is 1. The summed E-state index contributed by atoms with van der Waals surface area (Å²) >= 11 is 0. The molecule has 0 aliphatic carbocycles. The summed E-state index contributed by atoms with van der Waals surface area (Å²) in [4.78, 5) is 19.0. The second-order valence-electron chi connectivity index (χ2n) is 5.06. The van der Waals surface area contributed by atoms with Crippen LogP contribution in [0.25, 0.3) is 11.3 Å². The highest BCUT2D eigenvalue weighted by Crippen LogP contribution is 2.34. The Bertz CT molecular complexity index is 868. The number of hydrogen-bond donors (Lipinski definition) is 2. The molecule has 7 nitrogen and oxygen atoms in total. The molecule has 0 unspecified atom stereocenters. The summed E-state index contributed by atoms with van der Waals surface area (Å²) in [6.45, 7) is 0. The third kappa shape index (κ3) is 3.40.